The van der Waals surface area contributed by atoms with E-state index in [9.17, 15) is 0 Å². The first-order valence-electron chi connectivity index (χ1n) is 27.6. The number of rotatable bonds is 4. The molecule has 0 fully saturated rings. The Morgan fingerprint density at radius 3 is 1.86 bits per heavy atom. The quantitative estimate of drug-likeness (QED) is 0.178. The highest BCUT2D eigenvalue weighted by atomic mass is 32.1. The zero-order valence-corrected chi connectivity index (χ0v) is 47.4. The first-order valence-corrected chi connectivity index (χ1v) is 29.3. The van der Waals surface area contributed by atoms with E-state index < -0.39 is 0 Å². The Kier molecular flexibility index (Phi) is 9.55. The number of fused-ring (bicyclic) bond motifs is 16. The maximum Gasteiger partial charge on any atom is 0.247 e. The molecule has 375 valence electrons. The predicted molar refractivity (Wildman–Crippen MR) is 331 cm³/mol. The summed E-state index contributed by atoms with van der Waals surface area (Å²) < 4.78 is 15.2. The number of anilines is 2. The van der Waals surface area contributed by atoms with Gasteiger partial charge in [-0.1, -0.05) is 143 Å². The van der Waals surface area contributed by atoms with Crippen molar-refractivity contribution < 1.29 is 4.42 Å². The highest BCUT2D eigenvalue weighted by Crippen LogP contribution is 2.55. The molecule has 2 aliphatic carbocycles. The summed E-state index contributed by atoms with van der Waals surface area (Å²) >= 11 is 3.92. The fourth-order valence-corrected chi connectivity index (χ4v) is 16.4. The molecule has 0 saturated carbocycles. The third-order valence-electron chi connectivity index (χ3n) is 18.7. The Morgan fingerprint density at radius 1 is 0.539 bits per heavy atom. The van der Waals surface area contributed by atoms with Gasteiger partial charge >= 0.3 is 0 Å². The number of hydrogen-bond acceptors (Lipinski definition) is 4. The third kappa shape index (κ3) is 6.65. The molecule has 0 saturated heterocycles. The van der Waals surface area contributed by atoms with Crippen LogP contribution in [0.15, 0.2) is 138 Å². The molecule has 3 aliphatic rings. The Bertz CT molecular complexity index is 4490. The molecule has 15 rings (SSSR count). The van der Waals surface area contributed by atoms with Crippen LogP contribution in [0.2, 0.25) is 0 Å². The molecule has 8 aromatic carbocycles. The van der Waals surface area contributed by atoms with Crippen molar-refractivity contribution in [2.45, 2.75) is 129 Å². The first-order chi connectivity index (χ1) is 36.2. The molecule has 76 heavy (non-hydrogen) atoms. The van der Waals surface area contributed by atoms with E-state index in [-0.39, 0.29) is 27.1 Å². The van der Waals surface area contributed by atoms with Gasteiger partial charge < -0.3 is 14.3 Å². The lowest BCUT2D eigenvalue weighted by Crippen LogP contribution is -2.36. The molecule has 0 bridgehead atoms. The molecule has 6 heteroatoms. The van der Waals surface area contributed by atoms with Gasteiger partial charge in [-0.25, -0.2) is 0 Å². The molecule has 4 aromatic heterocycles. The number of furan rings is 1. The molecular weight excluding hydrogens is 960 g/mol. The summed E-state index contributed by atoms with van der Waals surface area (Å²) in [5.74, 6) is 0. The fourth-order valence-electron chi connectivity index (χ4n) is 14.0. The second-order valence-electron chi connectivity index (χ2n) is 26.5. The standard InChI is InChI=1S/C70H64BN2OS2/c1-66(2,3)40-22-24-41(25-23-40)72-52-34-44-43-32-48-51(70(10,11)30-28-67(48,4)5)37-57(43)75-56(44)35-45(52)58-59-42-19-15-16-20-55(42)76-64(59)60-46-33-49-50(69(8,9)29-27-68(49,6)7)36-53(46)73-62-47-31-39(38-17-13-12-14-18-38)21-26-54(47)74-65(62)71-61(58)63(60)73/h12-26,31-37,72H,27-30H2,1-11H3. The van der Waals surface area contributed by atoms with Crippen molar-refractivity contribution in [1.29, 1.82) is 0 Å². The average Bonchev–Trinajstić information content (AvgIpc) is 4.24. The summed E-state index contributed by atoms with van der Waals surface area (Å²) in [6, 6.07) is 51.3. The summed E-state index contributed by atoms with van der Waals surface area (Å²) in [5.41, 5.74) is 21.3. The maximum absolute atomic E-state index is 7.22. The largest absolute Gasteiger partial charge is 0.469 e. The van der Waals surface area contributed by atoms with Crippen LogP contribution in [0.1, 0.15) is 130 Å². The van der Waals surface area contributed by atoms with Gasteiger partial charge in [-0.05, 0) is 169 Å². The zero-order chi connectivity index (χ0) is 52.2. The van der Waals surface area contributed by atoms with Gasteiger partial charge in [0.2, 0.25) is 7.28 Å². The van der Waals surface area contributed by atoms with Gasteiger partial charge in [0.1, 0.15) is 5.58 Å². The van der Waals surface area contributed by atoms with Gasteiger partial charge in [0.05, 0.1) is 22.4 Å². The van der Waals surface area contributed by atoms with E-state index in [0.29, 0.717) is 0 Å². The van der Waals surface area contributed by atoms with Crippen molar-refractivity contribution in [2.75, 3.05) is 5.32 Å². The minimum Gasteiger partial charge on any atom is -0.469 e. The van der Waals surface area contributed by atoms with Crippen molar-refractivity contribution in [3.63, 3.8) is 0 Å². The first kappa shape index (κ1) is 46.7. The number of nitrogens with one attached hydrogen (secondary N) is 1. The van der Waals surface area contributed by atoms with Crippen LogP contribution >= 0.6 is 22.7 Å². The van der Waals surface area contributed by atoms with Crippen LogP contribution in [0.5, 0.6) is 0 Å². The average molecular weight is 1020 g/mol. The van der Waals surface area contributed by atoms with Crippen molar-refractivity contribution in [3.8, 4) is 27.9 Å². The number of aromatic nitrogens is 1. The zero-order valence-electron chi connectivity index (χ0n) is 45.8. The monoisotopic (exact) mass is 1020 g/mol. The highest BCUT2D eigenvalue weighted by Gasteiger charge is 2.41. The number of hydrogen-bond donors (Lipinski definition) is 1. The second kappa shape index (κ2) is 15.5. The predicted octanol–water partition coefficient (Wildman–Crippen LogP) is 19.3. The topological polar surface area (TPSA) is 30.1 Å². The Hall–Kier alpha value is -6.60. The minimum absolute atomic E-state index is 0.0232. The van der Waals surface area contributed by atoms with Crippen LogP contribution in [-0.2, 0) is 27.1 Å². The molecule has 0 spiro atoms. The van der Waals surface area contributed by atoms with Crippen molar-refractivity contribution in [3.05, 3.63) is 161 Å². The molecule has 0 unspecified atom stereocenters. The lowest BCUT2D eigenvalue weighted by atomic mass is 9.61. The van der Waals surface area contributed by atoms with Gasteiger partial charge in [-0.3, -0.25) is 0 Å². The van der Waals surface area contributed by atoms with Crippen LogP contribution in [0.3, 0.4) is 0 Å². The number of nitrogens with zero attached hydrogens (tertiary/aromatic N) is 1. The SMILES string of the molecule is CC(C)(C)c1ccc(Nc2cc3c(cc2-c2c4c5c(c6cc7c(cc6n5-c5c(oc6ccc(-c8ccccc8)cc56)[B]4)C(C)(C)CCC7(C)C)c4sc5ccccc5c24)sc2cc4c(cc23)C(C)(C)CCC4(C)C)cc1. The van der Waals surface area contributed by atoms with E-state index in [0.717, 1.165) is 46.5 Å². The van der Waals surface area contributed by atoms with E-state index in [1.807, 2.05) is 22.7 Å². The Balaban J connectivity index is 1.10. The van der Waals surface area contributed by atoms with E-state index >= 15 is 0 Å². The van der Waals surface area contributed by atoms with E-state index in [2.05, 4.69) is 227 Å². The number of benzene rings is 8. The summed E-state index contributed by atoms with van der Waals surface area (Å²) in [4.78, 5) is 0. The minimum atomic E-state index is 0.0232. The van der Waals surface area contributed by atoms with E-state index in [4.69, 9.17) is 4.42 Å². The lowest BCUT2D eigenvalue weighted by Gasteiger charge is -2.42. The Morgan fingerprint density at radius 2 is 1.16 bits per heavy atom. The van der Waals surface area contributed by atoms with Gasteiger partial charge in [0, 0.05) is 73.4 Å². The van der Waals surface area contributed by atoms with Crippen molar-refractivity contribution in [1.82, 2.24) is 4.57 Å². The molecule has 1 radical (unpaired) electrons. The molecule has 1 aliphatic heterocycles. The van der Waals surface area contributed by atoms with Gasteiger partial charge in [0.15, 0.2) is 0 Å². The highest BCUT2D eigenvalue weighted by molar-refractivity contribution is 7.27. The molecule has 0 amide bonds. The third-order valence-corrected chi connectivity index (χ3v) is 21.0. The van der Waals surface area contributed by atoms with Crippen LogP contribution in [-0.4, -0.2) is 11.8 Å². The van der Waals surface area contributed by atoms with Crippen LogP contribution in [0, 0.1) is 0 Å². The van der Waals surface area contributed by atoms with Crippen molar-refractivity contribution >= 4 is 126 Å². The number of thiophene rings is 2. The molecule has 12 aromatic rings. The molecular formula is C70H64BN2OS2. The van der Waals surface area contributed by atoms with E-state index in [1.54, 1.807) is 0 Å². The molecule has 3 nitrogen and oxygen atoms in total. The summed E-state index contributed by atoms with van der Waals surface area (Å²) in [6.07, 6.45) is 4.68. The summed E-state index contributed by atoms with van der Waals surface area (Å²) in [6.45, 7) is 26.6. The van der Waals surface area contributed by atoms with Gasteiger partial charge in [-0.2, -0.15) is 0 Å². The summed E-state index contributed by atoms with van der Waals surface area (Å²) in [7, 11) is 2.42. The van der Waals surface area contributed by atoms with E-state index in [1.165, 1.54) is 131 Å². The van der Waals surface area contributed by atoms with Crippen LogP contribution in [0.25, 0.3) is 101 Å². The fraction of sp³-hybridized carbons (Fsp3) is 0.286. The maximum atomic E-state index is 7.22. The van der Waals surface area contributed by atoms with Crippen molar-refractivity contribution in [2.24, 2.45) is 0 Å². The molecule has 5 heterocycles. The van der Waals surface area contributed by atoms with Crippen LogP contribution < -0.4 is 16.4 Å². The van der Waals surface area contributed by atoms with Crippen LogP contribution in [0.4, 0.5) is 11.4 Å². The molecule has 1 N–H and O–H groups in total. The van der Waals surface area contributed by atoms with Gasteiger partial charge in [0.25, 0.3) is 0 Å². The van der Waals surface area contributed by atoms with Gasteiger partial charge in [-0.15, -0.1) is 22.7 Å². The Labute approximate surface area is 455 Å². The smallest absolute Gasteiger partial charge is 0.247 e. The second-order valence-corrected chi connectivity index (χ2v) is 28.6. The normalized spacial score (nSPS) is 17.2. The molecule has 0 atom stereocenters. The lowest BCUT2D eigenvalue weighted by molar-refractivity contribution is 0.332. The summed E-state index contributed by atoms with van der Waals surface area (Å²) in [5, 5.41) is 13.2.